The number of carbonyl (C=O) groups excluding carboxylic acids is 1. The summed E-state index contributed by atoms with van der Waals surface area (Å²) in [5.41, 5.74) is 0. The maximum Gasteiger partial charge on any atom is 0.221 e. The van der Waals surface area contributed by atoms with Crippen LogP contribution >= 0.6 is 0 Å². The van der Waals surface area contributed by atoms with E-state index in [1.54, 1.807) is 0 Å². The van der Waals surface area contributed by atoms with Crippen molar-refractivity contribution in [3.8, 4) is 0 Å². The van der Waals surface area contributed by atoms with Gasteiger partial charge < -0.3 is 10.6 Å². The van der Waals surface area contributed by atoms with Crippen LogP contribution in [0.5, 0.6) is 0 Å². The molecule has 5 heteroatoms. The maximum atomic E-state index is 11.3. The zero-order valence-corrected chi connectivity index (χ0v) is 9.36. The molecule has 1 aliphatic rings. The highest BCUT2D eigenvalue weighted by Crippen LogP contribution is 2.08. The van der Waals surface area contributed by atoms with Crippen LogP contribution in [0.15, 0.2) is 0 Å². The lowest BCUT2D eigenvalue weighted by Gasteiger charge is -2.22. The fourth-order valence-corrected chi connectivity index (χ4v) is 2.78. The van der Waals surface area contributed by atoms with Crippen LogP contribution < -0.4 is 10.6 Å². The fourth-order valence-electron chi connectivity index (χ4n) is 1.48. The summed E-state index contributed by atoms with van der Waals surface area (Å²) in [5, 5.41) is 5.89. The molecule has 1 heterocycles. The van der Waals surface area contributed by atoms with E-state index in [1.165, 1.54) is 0 Å². The van der Waals surface area contributed by atoms with Crippen molar-refractivity contribution >= 4 is 16.7 Å². The van der Waals surface area contributed by atoms with Crippen molar-refractivity contribution in [1.82, 2.24) is 10.6 Å². The lowest BCUT2D eigenvalue weighted by atomic mass is 10.1. The number of hydrogen-bond donors (Lipinski definition) is 2. The summed E-state index contributed by atoms with van der Waals surface area (Å²) in [7, 11) is 1.19. The molecule has 1 saturated heterocycles. The molecule has 1 fully saturated rings. The second-order valence-corrected chi connectivity index (χ2v) is 5.24. The first-order valence-electron chi connectivity index (χ1n) is 5.01. The number of hydrogen-bond acceptors (Lipinski definition) is 3. The highest BCUT2D eigenvalue weighted by molar-refractivity contribution is 7.85. The van der Waals surface area contributed by atoms with Gasteiger partial charge in [-0.05, 0) is 19.9 Å². The van der Waals surface area contributed by atoms with Gasteiger partial charge in [-0.15, -0.1) is 0 Å². The van der Waals surface area contributed by atoms with E-state index in [-0.39, 0.29) is 11.9 Å². The van der Waals surface area contributed by atoms with Crippen molar-refractivity contribution < 1.29 is 9.00 Å². The summed E-state index contributed by atoms with van der Waals surface area (Å²) in [4.78, 5) is 11.3. The molecular formula is C9H18N2O2S. The largest absolute Gasteiger partial charge is 0.353 e. The highest BCUT2D eigenvalue weighted by Gasteiger charge is 2.18. The zero-order valence-electron chi connectivity index (χ0n) is 8.54. The molecule has 0 radical (unpaired) electrons. The van der Waals surface area contributed by atoms with Crippen molar-refractivity contribution in [2.45, 2.75) is 25.3 Å². The molecule has 0 atom stereocenters. The van der Waals surface area contributed by atoms with Gasteiger partial charge in [0.15, 0.2) is 0 Å². The van der Waals surface area contributed by atoms with E-state index < -0.39 is 10.8 Å². The summed E-state index contributed by atoms with van der Waals surface area (Å²) in [6.45, 7) is 0.713. The predicted molar refractivity (Wildman–Crippen MR) is 57.6 cm³/mol. The van der Waals surface area contributed by atoms with Crippen LogP contribution in [0.25, 0.3) is 0 Å². The first kappa shape index (κ1) is 11.7. The molecule has 0 aliphatic carbocycles. The molecule has 1 rings (SSSR count). The molecule has 0 spiro atoms. The van der Waals surface area contributed by atoms with Gasteiger partial charge in [-0.3, -0.25) is 9.00 Å². The number of rotatable bonds is 4. The third-order valence-electron chi connectivity index (χ3n) is 2.36. The van der Waals surface area contributed by atoms with Crippen molar-refractivity contribution in [3.05, 3.63) is 0 Å². The lowest BCUT2D eigenvalue weighted by Crippen LogP contribution is -2.40. The zero-order chi connectivity index (χ0) is 10.4. The number of nitrogens with one attached hydrogen (secondary N) is 2. The molecular weight excluding hydrogens is 200 g/mol. The minimum atomic E-state index is -0.645. The van der Waals surface area contributed by atoms with Crippen LogP contribution in [-0.4, -0.2) is 41.3 Å². The standard InChI is InChI=1S/C9H18N2O2S/c1-10-5-2-9(12)11-8-3-6-14(13)7-4-8/h8,10H,2-7H2,1H3,(H,11,12). The van der Waals surface area contributed by atoms with E-state index in [0.29, 0.717) is 13.0 Å². The molecule has 82 valence electrons. The van der Waals surface area contributed by atoms with Crippen molar-refractivity contribution in [3.63, 3.8) is 0 Å². The van der Waals surface area contributed by atoms with Gasteiger partial charge in [-0.25, -0.2) is 0 Å². The Labute approximate surface area is 87.3 Å². The molecule has 0 saturated carbocycles. The van der Waals surface area contributed by atoms with Gasteiger partial charge in [-0.1, -0.05) is 0 Å². The SMILES string of the molecule is CNCCC(=O)NC1CCS(=O)CC1. The molecule has 1 aliphatic heterocycles. The second kappa shape index (κ2) is 6.14. The minimum absolute atomic E-state index is 0.0945. The predicted octanol–water partition coefficient (Wildman–Crippen LogP) is -0.377. The lowest BCUT2D eigenvalue weighted by molar-refractivity contribution is -0.121. The maximum absolute atomic E-state index is 11.3. The summed E-state index contributed by atoms with van der Waals surface area (Å²) in [6, 6.07) is 0.247. The Kier molecular flexibility index (Phi) is 5.11. The quantitative estimate of drug-likeness (QED) is 0.676. The molecule has 0 bridgehead atoms. The van der Waals surface area contributed by atoms with Gasteiger partial charge in [-0.2, -0.15) is 0 Å². The van der Waals surface area contributed by atoms with E-state index in [9.17, 15) is 9.00 Å². The monoisotopic (exact) mass is 218 g/mol. The summed E-state index contributed by atoms with van der Waals surface area (Å²) in [6.07, 6.45) is 2.24. The van der Waals surface area contributed by atoms with E-state index in [1.807, 2.05) is 7.05 Å². The van der Waals surface area contributed by atoms with Gasteiger partial charge in [0.25, 0.3) is 0 Å². The molecule has 0 aromatic carbocycles. The first-order valence-corrected chi connectivity index (χ1v) is 6.50. The smallest absolute Gasteiger partial charge is 0.221 e. The average molecular weight is 218 g/mol. The van der Waals surface area contributed by atoms with Crippen molar-refractivity contribution in [2.75, 3.05) is 25.1 Å². The van der Waals surface area contributed by atoms with Crippen LogP contribution in [-0.2, 0) is 15.6 Å². The Morgan fingerprint density at radius 3 is 2.64 bits per heavy atom. The highest BCUT2D eigenvalue weighted by atomic mass is 32.2. The Hall–Kier alpha value is -0.420. The molecule has 1 amide bonds. The average Bonchev–Trinajstić information content (AvgIpc) is 2.18. The third kappa shape index (κ3) is 4.19. The number of carbonyl (C=O) groups is 1. The Morgan fingerprint density at radius 1 is 1.43 bits per heavy atom. The van der Waals surface area contributed by atoms with Gasteiger partial charge in [0, 0.05) is 41.3 Å². The van der Waals surface area contributed by atoms with E-state index >= 15 is 0 Å². The summed E-state index contributed by atoms with van der Waals surface area (Å²) < 4.78 is 11.1. The number of amides is 1. The van der Waals surface area contributed by atoms with Crippen LogP contribution in [0, 0.1) is 0 Å². The molecule has 0 unspecified atom stereocenters. The van der Waals surface area contributed by atoms with E-state index in [2.05, 4.69) is 10.6 Å². The molecule has 2 N–H and O–H groups in total. The van der Waals surface area contributed by atoms with E-state index in [4.69, 9.17) is 0 Å². The van der Waals surface area contributed by atoms with Gasteiger partial charge in [0.2, 0.25) is 5.91 Å². The van der Waals surface area contributed by atoms with Crippen molar-refractivity contribution in [2.24, 2.45) is 0 Å². The van der Waals surface area contributed by atoms with Gasteiger partial charge in [0.05, 0.1) is 0 Å². The summed E-state index contributed by atoms with van der Waals surface area (Å²) >= 11 is 0. The molecule has 0 aromatic rings. The minimum Gasteiger partial charge on any atom is -0.353 e. The first-order chi connectivity index (χ1) is 6.72. The Morgan fingerprint density at radius 2 is 2.07 bits per heavy atom. The third-order valence-corrected chi connectivity index (χ3v) is 3.74. The van der Waals surface area contributed by atoms with Crippen molar-refractivity contribution in [1.29, 1.82) is 0 Å². The van der Waals surface area contributed by atoms with Gasteiger partial charge >= 0.3 is 0 Å². The van der Waals surface area contributed by atoms with Crippen LogP contribution in [0.2, 0.25) is 0 Å². The molecule has 4 nitrogen and oxygen atoms in total. The van der Waals surface area contributed by atoms with Crippen LogP contribution in [0.4, 0.5) is 0 Å². The van der Waals surface area contributed by atoms with Crippen LogP contribution in [0.3, 0.4) is 0 Å². The normalized spacial score (nSPS) is 27.2. The fraction of sp³-hybridized carbons (Fsp3) is 0.889. The summed E-state index contributed by atoms with van der Waals surface area (Å²) in [5.74, 6) is 1.56. The van der Waals surface area contributed by atoms with Gasteiger partial charge in [0.1, 0.15) is 0 Å². The Balaban J connectivity index is 2.17. The van der Waals surface area contributed by atoms with Crippen LogP contribution in [0.1, 0.15) is 19.3 Å². The Bertz CT molecular complexity index is 211. The molecule has 14 heavy (non-hydrogen) atoms. The molecule has 0 aromatic heterocycles. The second-order valence-electron chi connectivity index (χ2n) is 3.54. The topological polar surface area (TPSA) is 58.2 Å². The van der Waals surface area contributed by atoms with E-state index in [0.717, 1.165) is 24.3 Å².